The molecule has 4 nitrogen and oxygen atoms in total. The first-order valence-electron chi connectivity index (χ1n) is 5.34. The Morgan fingerprint density at radius 1 is 1.41 bits per heavy atom. The van der Waals surface area contributed by atoms with Gasteiger partial charge in [0, 0.05) is 25.8 Å². The summed E-state index contributed by atoms with van der Waals surface area (Å²) < 4.78 is 31.6. The molecule has 2 N–H and O–H groups in total. The molecule has 1 aromatic rings. The van der Waals surface area contributed by atoms with E-state index in [9.17, 15) is 8.78 Å². The Kier molecular flexibility index (Phi) is 4.62. The maximum atomic E-state index is 13.6. The molecule has 0 aromatic carbocycles. The summed E-state index contributed by atoms with van der Waals surface area (Å²) in [5.41, 5.74) is 5.35. The van der Waals surface area contributed by atoms with Gasteiger partial charge in [-0.2, -0.15) is 0 Å². The summed E-state index contributed by atoms with van der Waals surface area (Å²) in [5.74, 6) is -1.82. The normalized spacial score (nSPS) is 10.9. The summed E-state index contributed by atoms with van der Waals surface area (Å²) in [5, 5.41) is 0. The minimum Gasteiger partial charge on any atom is -0.383 e. The van der Waals surface area contributed by atoms with Crippen LogP contribution in [0.25, 0.3) is 0 Å². The molecule has 0 unspecified atom stereocenters. The van der Waals surface area contributed by atoms with Crippen LogP contribution in [0, 0.1) is 11.6 Å². The van der Waals surface area contributed by atoms with Gasteiger partial charge in [0.05, 0.1) is 6.61 Å². The predicted molar refractivity (Wildman–Crippen MR) is 62.9 cm³/mol. The Morgan fingerprint density at radius 2 is 2.06 bits per heavy atom. The number of hydrogen-bond donors (Lipinski definition) is 1. The molecule has 0 spiro atoms. The van der Waals surface area contributed by atoms with Gasteiger partial charge in [-0.25, -0.2) is 13.8 Å². The summed E-state index contributed by atoms with van der Waals surface area (Å²) in [7, 11) is 1.56. The monoisotopic (exact) mass is 245 g/mol. The Balaban J connectivity index is 3.05. The maximum absolute atomic E-state index is 13.6. The van der Waals surface area contributed by atoms with Crippen LogP contribution >= 0.6 is 0 Å². The fourth-order valence-corrected chi connectivity index (χ4v) is 1.47. The van der Waals surface area contributed by atoms with Gasteiger partial charge in [-0.15, -0.1) is 0 Å². The van der Waals surface area contributed by atoms with E-state index in [0.29, 0.717) is 13.2 Å². The van der Waals surface area contributed by atoms with Crippen LogP contribution in [-0.4, -0.2) is 31.3 Å². The highest BCUT2D eigenvalue weighted by molar-refractivity contribution is 5.47. The van der Waals surface area contributed by atoms with Crippen molar-refractivity contribution in [1.29, 1.82) is 0 Å². The number of pyridine rings is 1. The Morgan fingerprint density at radius 3 is 2.59 bits per heavy atom. The van der Waals surface area contributed by atoms with Gasteiger partial charge in [0.1, 0.15) is 0 Å². The van der Waals surface area contributed by atoms with Crippen molar-refractivity contribution >= 4 is 11.6 Å². The first-order chi connectivity index (χ1) is 7.97. The minimum atomic E-state index is -0.846. The standard InChI is InChI=1S/C11H17F2N3O/c1-7(2)16(4-5-17-3)11-9(13)6-8(12)10(14)15-11/h6-7H,4-5H2,1-3H3,(H2,14,15). The first-order valence-corrected chi connectivity index (χ1v) is 5.34. The van der Waals surface area contributed by atoms with Crippen LogP contribution in [0.2, 0.25) is 0 Å². The third-order valence-corrected chi connectivity index (χ3v) is 2.37. The summed E-state index contributed by atoms with van der Waals surface area (Å²) in [6.45, 7) is 4.66. The number of nitrogen functional groups attached to an aromatic ring is 1. The average molecular weight is 245 g/mol. The molecule has 0 aliphatic heterocycles. The molecule has 0 saturated carbocycles. The molecule has 0 atom stereocenters. The van der Waals surface area contributed by atoms with Gasteiger partial charge in [-0.1, -0.05) is 0 Å². The molecule has 0 radical (unpaired) electrons. The number of hydrogen-bond acceptors (Lipinski definition) is 4. The van der Waals surface area contributed by atoms with E-state index in [0.717, 1.165) is 6.07 Å². The van der Waals surface area contributed by atoms with Crippen molar-refractivity contribution in [3.63, 3.8) is 0 Å². The highest BCUT2D eigenvalue weighted by atomic mass is 19.1. The van der Waals surface area contributed by atoms with Gasteiger partial charge in [-0.3, -0.25) is 0 Å². The number of halogens is 2. The number of ether oxygens (including phenoxy) is 1. The van der Waals surface area contributed by atoms with Crippen LogP contribution < -0.4 is 10.6 Å². The zero-order valence-electron chi connectivity index (χ0n) is 10.2. The smallest absolute Gasteiger partial charge is 0.168 e. The number of nitrogens with two attached hydrogens (primary N) is 1. The number of rotatable bonds is 5. The van der Waals surface area contributed by atoms with Gasteiger partial charge < -0.3 is 15.4 Å². The molecule has 1 heterocycles. The molecule has 6 heteroatoms. The Hall–Kier alpha value is -1.43. The zero-order chi connectivity index (χ0) is 13.0. The van der Waals surface area contributed by atoms with Gasteiger partial charge in [0.2, 0.25) is 0 Å². The van der Waals surface area contributed by atoms with Gasteiger partial charge in [0.25, 0.3) is 0 Å². The van der Waals surface area contributed by atoms with Crippen molar-refractivity contribution in [3.05, 3.63) is 17.7 Å². The SMILES string of the molecule is COCCN(c1nc(N)c(F)cc1F)C(C)C. The number of aromatic nitrogens is 1. The zero-order valence-corrected chi connectivity index (χ0v) is 10.2. The van der Waals surface area contributed by atoms with Crippen molar-refractivity contribution in [3.8, 4) is 0 Å². The van der Waals surface area contributed by atoms with Gasteiger partial charge in [0.15, 0.2) is 23.3 Å². The fraction of sp³-hybridized carbons (Fsp3) is 0.545. The molecule has 0 aliphatic carbocycles. The Bertz CT molecular complexity index is 385. The summed E-state index contributed by atoms with van der Waals surface area (Å²) >= 11 is 0. The lowest BCUT2D eigenvalue weighted by molar-refractivity contribution is 0.203. The number of nitrogens with zero attached hydrogens (tertiary/aromatic N) is 2. The second-order valence-electron chi connectivity index (χ2n) is 3.94. The van der Waals surface area contributed by atoms with Crippen molar-refractivity contribution in [2.75, 3.05) is 30.9 Å². The van der Waals surface area contributed by atoms with Crippen molar-refractivity contribution in [2.45, 2.75) is 19.9 Å². The molecular formula is C11H17F2N3O. The van der Waals surface area contributed by atoms with E-state index in [1.54, 1.807) is 12.0 Å². The predicted octanol–water partition coefficient (Wildman–Crippen LogP) is 1.80. The van der Waals surface area contributed by atoms with Crippen LogP contribution in [0.15, 0.2) is 6.07 Å². The third-order valence-electron chi connectivity index (χ3n) is 2.37. The lowest BCUT2D eigenvalue weighted by Crippen LogP contribution is -2.35. The molecule has 96 valence electrons. The van der Waals surface area contributed by atoms with E-state index in [1.165, 1.54) is 0 Å². The molecule has 0 aliphatic rings. The summed E-state index contributed by atoms with van der Waals surface area (Å²) in [6.07, 6.45) is 0. The quantitative estimate of drug-likeness (QED) is 0.859. The highest BCUT2D eigenvalue weighted by Crippen LogP contribution is 2.22. The van der Waals surface area contributed by atoms with E-state index in [1.807, 2.05) is 13.8 Å². The second kappa shape index (κ2) is 5.77. The number of methoxy groups -OCH3 is 1. The van der Waals surface area contributed by atoms with Crippen LogP contribution in [-0.2, 0) is 4.74 Å². The summed E-state index contributed by atoms with van der Waals surface area (Å²) in [6, 6.07) is 0.761. The van der Waals surface area contributed by atoms with E-state index in [2.05, 4.69) is 4.98 Å². The molecule has 0 fully saturated rings. The summed E-state index contributed by atoms with van der Waals surface area (Å²) in [4.78, 5) is 5.42. The maximum Gasteiger partial charge on any atom is 0.168 e. The molecule has 17 heavy (non-hydrogen) atoms. The van der Waals surface area contributed by atoms with E-state index < -0.39 is 11.6 Å². The Labute approximate surface area is 99.4 Å². The minimum absolute atomic E-state index is 0.0111. The fourth-order valence-electron chi connectivity index (χ4n) is 1.47. The van der Waals surface area contributed by atoms with Gasteiger partial charge >= 0.3 is 0 Å². The lowest BCUT2D eigenvalue weighted by atomic mass is 10.3. The van der Waals surface area contributed by atoms with Crippen molar-refractivity contribution in [2.24, 2.45) is 0 Å². The first kappa shape index (κ1) is 13.6. The van der Waals surface area contributed by atoms with Crippen molar-refractivity contribution < 1.29 is 13.5 Å². The van der Waals surface area contributed by atoms with Crippen LogP contribution in [0.5, 0.6) is 0 Å². The van der Waals surface area contributed by atoms with Crippen molar-refractivity contribution in [1.82, 2.24) is 4.98 Å². The van der Waals surface area contributed by atoms with E-state index in [4.69, 9.17) is 10.5 Å². The van der Waals surface area contributed by atoms with Crippen LogP contribution in [0.3, 0.4) is 0 Å². The molecule has 0 bridgehead atoms. The molecule has 1 aromatic heterocycles. The van der Waals surface area contributed by atoms with Crippen LogP contribution in [0.4, 0.5) is 20.4 Å². The van der Waals surface area contributed by atoms with Crippen LogP contribution in [0.1, 0.15) is 13.8 Å². The van der Waals surface area contributed by atoms with E-state index >= 15 is 0 Å². The molecule has 1 rings (SSSR count). The average Bonchev–Trinajstić information content (AvgIpc) is 2.25. The molecular weight excluding hydrogens is 228 g/mol. The highest BCUT2D eigenvalue weighted by Gasteiger charge is 2.18. The lowest BCUT2D eigenvalue weighted by Gasteiger charge is -2.28. The second-order valence-corrected chi connectivity index (χ2v) is 3.94. The molecule has 0 saturated heterocycles. The largest absolute Gasteiger partial charge is 0.383 e. The molecule has 0 amide bonds. The number of anilines is 2. The topological polar surface area (TPSA) is 51.4 Å². The third kappa shape index (κ3) is 3.26. The van der Waals surface area contributed by atoms with Gasteiger partial charge in [-0.05, 0) is 13.8 Å². The van der Waals surface area contributed by atoms with E-state index in [-0.39, 0.29) is 17.7 Å².